The Morgan fingerprint density at radius 1 is 1.30 bits per heavy atom. The lowest BCUT2D eigenvalue weighted by Gasteiger charge is -2.33. The van der Waals surface area contributed by atoms with Crippen LogP contribution >= 0.6 is 11.8 Å². The molecule has 4 rings (SSSR count). The Labute approximate surface area is 160 Å². The number of nitrogens with two attached hydrogens (primary N) is 1. The first-order valence-electron chi connectivity index (χ1n) is 8.69. The molecule has 8 heteroatoms. The molecule has 0 aliphatic heterocycles. The third-order valence-electron chi connectivity index (χ3n) is 5.15. The number of benzene rings is 1. The average molecular weight is 382 g/mol. The van der Waals surface area contributed by atoms with Gasteiger partial charge in [0.25, 0.3) is 5.69 Å². The molecule has 2 N–H and O–H groups in total. The Morgan fingerprint density at radius 2 is 2.11 bits per heavy atom. The summed E-state index contributed by atoms with van der Waals surface area (Å²) in [5.41, 5.74) is 10.3. The van der Waals surface area contributed by atoms with Gasteiger partial charge in [0.05, 0.1) is 10.6 Å². The summed E-state index contributed by atoms with van der Waals surface area (Å²) in [6.45, 7) is 0. The van der Waals surface area contributed by atoms with Crippen molar-refractivity contribution in [3.63, 3.8) is 0 Å². The molecular weight excluding hydrogens is 364 g/mol. The zero-order chi connectivity index (χ0) is 19.1. The number of nitrogen functional groups attached to an aromatic ring is 1. The van der Waals surface area contributed by atoms with Gasteiger partial charge in [0.1, 0.15) is 5.82 Å². The highest BCUT2D eigenvalue weighted by molar-refractivity contribution is 7.98. The Kier molecular flexibility index (Phi) is 4.43. The van der Waals surface area contributed by atoms with E-state index >= 15 is 0 Å². The topological polar surface area (TPSA) is 112 Å². The maximum absolute atomic E-state index is 12.8. The third kappa shape index (κ3) is 2.99. The number of anilines is 1. The predicted molar refractivity (Wildman–Crippen MR) is 103 cm³/mol. The molecule has 138 valence electrons. The maximum atomic E-state index is 12.8. The number of nitro benzene ring substituents is 1. The minimum absolute atomic E-state index is 0.00902. The van der Waals surface area contributed by atoms with E-state index in [1.165, 1.54) is 23.9 Å². The van der Waals surface area contributed by atoms with Gasteiger partial charge in [-0.15, -0.1) is 0 Å². The second-order valence-electron chi connectivity index (χ2n) is 6.71. The number of carbonyl (C=O) groups excluding carboxylic acids is 1. The molecule has 1 aromatic heterocycles. The largest absolute Gasteiger partial charge is 0.383 e. The summed E-state index contributed by atoms with van der Waals surface area (Å²) < 4.78 is 0. The van der Waals surface area contributed by atoms with Crippen LogP contribution in [0.25, 0.3) is 0 Å². The van der Waals surface area contributed by atoms with Crippen molar-refractivity contribution in [3.8, 4) is 0 Å². The summed E-state index contributed by atoms with van der Waals surface area (Å²) >= 11 is 1.41. The molecule has 27 heavy (non-hydrogen) atoms. The zero-order valence-corrected chi connectivity index (χ0v) is 15.6. The Balaban J connectivity index is 1.97. The number of aromatic nitrogens is 2. The number of allylic oxidation sites excluding steroid dienone is 2. The van der Waals surface area contributed by atoms with Crippen molar-refractivity contribution in [2.45, 2.75) is 36.8 Å². The van der Waals surface area contributed by atoms with E-state index in [9.17, 15) is 14.9 Å². The fourth-order valence-corrected chi connectivity index (χ4v) is 4.42. The first kappa shape index (κ1) is 17.7. The number of carbonyl (C=O) groups is 1. The highest BCUT2D eigenvalue weighted by Gasteiger charge is 2.37. The van der Waals surface area contributed by atoms with Crippen LogP contribution in [-0.2, 0) is 11.2 Å². The predicted octanol–water partition coefficient (Wildman–Crippen LogP) is 3.43. The molecule has 0 fully saturated rings. The van der Waals surface area contributed by atoms with Gasteiger partial charge in [0, 0.05) is 42.0 Å². The monoisotopic (exact) mass is 382 g/mol. The lowest BCUT2D eigenvalue weighted by atomic mass is 9.71. The van der Waals surface area contributed by atoms with E-state index in [4.69, 9.17) is 5.73 Å². The molecule has 1 heterocycles. The molecule has 0 amide bonds. The summed E-state index contributed by atoms with van der Waals surface area (Å²) in [5, 5.41) is 11.8. The number of non-ortho nitro benzene ring substituents is 1. The van der Waals surface area contributed by atoms with Crippen molar-refractivity contribution in [1.82, 2.24) is 9.97 Å². The standard InChI is InChI=1S/C19H18N4O3S/c1-27-19-21-13-9-11-5-3-7-14(24)15(11)16(17(13)18(20)22-19)10-4-2-6-12(8-10)23(25)26/h2,4,6,8,16H,3,5,7,9H2,1H3,(H2,20,21,22). The van der Waals surface area contributed by atoms with Gasteiger partial charge in [-0.2, -0.15) is 0 Å². The van der Waals surface area contributed by atoms with Crippen LogP contribution in [-0.4, -0.2) is 26.9 Å². The molecule has 2 aliphatic carbocycles. The quantitative estimate of drug-likeness (QED) is 0.374. The van der Waals surface area contributed by atoms with Crippen molar-refractivity contribution in [2.75, 3.05) is 12.0 Å². The Bertz CT molecular complexity index is 1000. The molecule has 1 atom stereocenters. The number of fused-ring (bicyclic) bond motifs is 1. The molecular formula is C19H18N4O3S. The lowest BCUT2D eigenvalue weighted by Crippen LogP contribution is -2.27. The molecule has 1 aromatic carbocycles. The van der Waals surface area contributed by atoms with Crippen molar-refractivity contribution in [2.24, 2.45) is 0 Å². The van der Waals surface area contributed by atoms with E-state index in [0.29, 0.717) is 34.9 Å². The number of hydrogen-bond acceptors (Lipinski definition) is 7. The van der Waals surface area contributed by atoms with Crippen LogP contribution in [0.1, 0.15) is 42.0 Å². The first-order chi connectivity index (χ1) is 13.0. The SMILES string of the molecule is CSc1nc(N)c2c(n1)CC1=C(C(=O)CCC1)C2c1cccc([N+](=O)[O-])c1. The number of thioether (sulfide) groups is 1. The van der Waals surface area contributed by atoms with Crippen LogP contribution in [0.15, 0.2) is 40.6 Å². The van der Waals surface area contributed by atoms with Crippen LogP contribution in [0.3, 0.4) is 0 Å². The molecule has 0 spiro atoms. The Hall–Kier alpha value is -2.74. The molecule has 2 aliphatic rings. The van der Waals surface area contributed by atoms with Gasteiger partial charge >= 0.3 is 0 Å². The highest BCUT2D eigenvalue weighted by Crippen LogP contribution is 2.46. The van der Waals surface area contributed by atoms with Crippen LogP contribution in [0.5, 0.6) is 0 Å². The molecule has 0 bridgehead atoms. The highest BCUT2D eigenvalue weighted by atomic mass is 32.2. The van der Waals surface area contributed by atoms with Gasteiger partial charge in [0.2, 0.25) is 0 Å². The fraction of sp³-hybridized carbons (Fsp3) is 0.316. The first-order valence-corrected chi connectivity index (χ1v) is 9.91. The van der Waals surface area contributed by atoms with E-state index in [1.807, 2.05) is 6.26 Å². The van der Waals surface area contributed by atoms with Gasteiger partial charge in [-0.3, -0.25) is 14.9 Å². The number of Topliss-reactive ketones (excluding diaryl/α,β-unsaturated/α-hetero) is 1. The molecule has 0 saturated carbocycles. The van der Waals surface area contributed by atoms with E-state index in [2.05, 4.69) is 9.97 Å². The van der Waals surface area contributed by atoms with Crippen molar-refractivity contribution >= 4 is 29.1 Å². The molecule has 7 nitrogen and oxygen atoms in total. The van der Waals surface area contributed by atoms with Gasteiger partial charge in [-0.05, 0) is 24.7 Å². The number of hydrogen-bond donors (Lipinski definition) is 1. The minimum Gasteiger partial charge on any atom is -0.383 e. The van der Waals surface area contributed by atoms with Gasteiger partial charge < -0.3 is 5.73 Å². The van der Waals surface area contributed by atoms with E-state index < -0.39 is 10.8 Å². The zero-order valence-electron chi connectivity index (χ0n) is 14.8. The minimum atomic E-state index is -0.452. The number of rotatable bonds is 3. The van der Waals surface area contributed by atoms with Gasteiger partial charge in [0.15, 0.2) is 10.9 Å². The van der Waals surface area contributed by atoms with Crippen LogP contribution in [0.2, 0.25) is 0 Å². The summed E-state index contributed by atoms with van der Waals surface area (Å²) in [6, 6.07) is 6.42. The van der Waals surface area contributed by atoms with Gasteiger partial charge in [-0.1, -0.05) is 29.5 Å². The van der Waals surface area contributed by atoms with Crippen molar-refractivity contribution in [3.05, 3.63) is 62.3 Å². The van der Waals surface area contributed by atoms with Crippen molar-refractivity contribution in [1.29, 1.82) is 0 Å². The smallest absolute Gasteiger partial charge is 0.269 e. The molecule has 2 aromatic rings. The summed E-state index contributed by atoms with van der Waals surface area (Å²) in [4.78, 5) is 32.6. The number of nitro groups is 1. The maximum Gasteiger partial charge on any atom is 0.269 e. The average Bonchev–Trinajstić information content (AvgIpc) is 2.66. The van der Waals surface area contributed by atoms with Crippen molar-refractivity contribution < 1.29 is 9.72 Å². The van der Waals surface area contributed by atoms with E-state index in [-0.39, 0.29) is 11.5 Å². The normalized spacial score (nSPS) is 18.9. The van der Waals surface area contributed by atoms with Crippen LogP contribution < -0.4 is 5.73 Å². The summed E-state index contributed by atoms with van der Waals surface area (Å²) in [7, 11) is 0. The van der Waals surface area contributed by atoms with Crippen LogP contribution in [0.4, 0.5) is 11.5 Å². The van der Waals surface area contributed by atoms with Crippen LogP contribution in [0, 0.1) is 10.1 Å². The number of nitrogens with zero attached hydrogens (tertiary/aromatic N) is 3. The second kappa shape index (κ2) is 6.77. The molecule has 1 unspecified atom stereocenters. The summed E-state index contributed by atoms with van der Waals surface area (Å²) in [6.07, 6.45) is 4.62. The second-order valence-corrected chi connectivity index (χ2v) is 7.49. The fourth-order valence-electron chi connectivity index (χ4n) is 4.03. The van der Waals surface area contributed by atoms with Gasteiger partial charge in [-0.25, -0.2) is 9.97 Å². The Morgan fingerprint density at radius 3 is 2.85 bits per heavy atom. The molecule has 0 radical (unpaired) electrons. The molecule has 0 saturated heterocycles. The lowest BCUT2D eigenvalue weighted by molar-refractivity contribution is -0.384. The summed E-state index contributed by atoms with van der Waals surface area (Å²) in [5.74, 6) is -0.0233. The van der Waals surface area contributed by atoms with E-state index in [1.54, 1.807) is 12.1 Å². The third-order valence-corrected chi connectivity index (χ3v) is 5.70. The number of ketones is 1. The van der Waals surface area contributed by atoms with E-state index in [0.717, 1.165) is 29.7 Å².